The summed E-state index contributed by atoms with van der Waals surface area (Å²) in [5, 5.41) is 0. The van der Waals surface area contributed by atoms with Gasteiger partial charge in [0.1, 0.15) is 6.26 Å². The van der Waals surface area contributed by atoms with Gasteiger partial charge in [0.25, 0.3) is 0 Å². The molecule has 9 heavy (non-hydrogen) atoms. The number of hydrogen-bond donors (Lipinski definition) is 1. The first kappa shape index (κ1) is 5.88. The molecule has 1 aromatic heterocycles. The molecule has 0 aliphatic carbocycles. The molecule has 1 N–H and O–H groups in total. The SMILES string of the molecule is C=CCc1coc(=O)[nH]1. The summed E-state index contributed by atoms with van der Waals surface area (Å²) in [5.74, 6) is -0.410. The fourth-order valence-corrected chi connectivity index (χ4v) is 0.569. The molecule has 0 saturated carbocycles. The number of oxazole rings is 1. The lowest BCUT2D eigenvalue weighted by molar-refractivity contribution is 0.514. The van der Waals surface area contributed by atoms with E-state index in [0.29, 0.717) is 6.42 Å². The van der Waals surface area contributed by atoms with Gasteiger partial charge in [-0.1, -0.05) is 6.08 Å². The molecule has 0 spiro atoms. The predicted molar refractivity (Wildman–Crippen MR) is 33.2 cm³/mol. The second kappa shape index (κ2) is 2.35. The topological polar surface area (TPSA) is 46.0 Å². The Hall–Kier alpha value is -1.25. The molecule has 3 nitrogen and oxygen atoms in total. The summed E-state index contributed by atoms with van der Waals surface area (Å²) in [7, 11) is 0. The summed E-state index contributed by atoms with van der Waals surface area (Å²) in [6.07, 6.45) is 3.73. The van der Waals surface area contributed by atoms with Gasteiger partial charge in [-0.25, -0.2) is 4.79 Å². The highest BCUT2D eigenvalue weighted by Gasteiger charge is 1.91. The minimum absolute atomic E-state index is 0.410. The molecule has 0 saturated heterocycles. The maximum atomic E-state index is 10.3. The Morgan fingerprint density at radius 3 is 3.11 bits per heavy atom. The molecular weight excluding hydrogens is 118 g/mol. The van der Waals surface area contributed by atoms with E-state index >= 15 is 0 Å². The first-order chi connectivity index (χ1) is 4.33. The largest absolute Gasteiger partial charge is 0.416 e. The van der Waals surface area contributed by atoms with Crippen molar-refractivity contribution in [3.63, 3.8) is 0 Å². The first-order valence-corrected chi connectivity index (χ1v) is 2.60. The van der Waals surface area contributed by atoms with E-state index in [1.807, 2.05) is 0 Å². The van der Waals surface area contributed by atoms with Gasteiger partial charge in [0.05, 0.1) is 5.69 Å². The zero-order valence-corrected chi connectivity index (χ0v) is 4.89. The minimum Gasteiger partial charge on any atom is -0.416 e. The second-order valence-electron chi connectivity index (χ2n) is 1.67. The molecule has 0 aliphatic heterocycles. The normalized spacial score (nSPS) is 9.33. The van der Waals surface area contributed by atoms with E-state index in [2.05, 4.69) is 16.0 Å². The Kier molecular flexibility index (Phi) is 1.53. The number of aromatic amines is 1. The average Bonchev–Trinajstić information content (AvgIpc) is 2.17. The Bertz CT molecular complexity index is 246. The van der Waals surface area contributed by atoms with Crippen LogP contribution in [0.25, 0.3) is 0 Å². The quantitative estimate of drug-likeness (QED) is 0.591. The third-order valence-electron chi connectivity index (χ3n) is 0.935. The van der Waals surface area contributed by atoms with E-state index in [1.165, 1.54) is 6.26 Å². The summed E-state index contributed by atoms with van der Waals surface area (Å²) >= 11 is 0. The Morgan fingerprint density at radius 1 is 1.89 bits per heavy atom. The zero-order chi connectivity index (χ0) is 6.69. The van der Waals surface area contributed by atoms with Crippen molar-refractivity contribution in [2.45, 2.75) is 6.42 Å². The van der Waals surface area contributed by atoms with Crippen LogP contribution in [0, 0.1) is 0 Å². The van der Waals surface area contributed by atoms with Crippen LogP contribution in [0.3, 0.4) is 0 Å². The average molecular weight is 125 g/mol. The number of nitrogens with one attached hydrogen (secondary N) is 1. The van der Waals surface area contributed by atoms with Crippen molar-refractivity contribution in [3.8, 4) is 0 Å². The van der Waals surface area contributed by atoms with Crippen LogP contribution in [-0.2, 0) is 6.42 Å². The monoisotopic (exact) mass is 125 g/mol. The lowest BCUT2D eigenvalue weighted by Crippen LogP contribution is -1.95. The van der Waals surface area contributed by atoms with Crippen LogP contribution in [-0.4, -0.2) is 4.98 Å². The highest BCUT2D eigenvalue weighted by molar-refractivity contribution is 4.96. The molecule has 1 rings (SSSR count). The molecular formula is C6H7NO2. The smallest absolute Gasteiger partial charge is 0.416 e. The molecule has 0 unspecified atom stereocenters. The van der Waals surface area contributed by atoms with Gasteiger partial charge >= 0.3 is 5.76 Å². The number of H-pyrrole nitrogens is 1. The highest BCUT2D eigenvalue weighted by atomic mass is 16.4. The molecule has 0 fully saturated rings. The number of rotatable bonds is 2. The van der Waals surface area contributed by atoms with Crippen LogP contribution < -0.4 is 5.76 Å². The summed E-state index contributed by atoms with van der Waals surface area (Å²) in [5.41, 5.74) is 0.759. The lowest BCUT2D eigenvalue weighted by Gasteiger charge is -1.79. The van der Waals surface area contributed by atoms with Crippen LogP contribution in [0.5, 0.6) is 0 Å². The van der Waals surface area contributed by atoms with Gasteiger partial charge in [-0.05, 0) is 0 Å². The summed E-state index contributed by atoms with van der Waals surface area (Å²) in [6, 6.07) is 0. The predicted octanol–water partition coefficient (Wildman–Crippen LogP) is 0.696. The summed E-state index contributed by atoms with van der Waals surface area (Å²) in [4.78, 5) is 12.8. The minimum atomic E-state index is -0.410. The van der Waals surface area contributed by atoms with E-state index < -0.39 is 5.76 Å². The van der Waals surface area contributed by atoms with Crippen molar-refractivity contribution in [1.29, 1.82) is 0 Å². The number of allylic oxidation sites excluding steroid dienone is 1. The molecule has 3 heteroatoms. The highest BCUT2D eigenvalue weighted by Crippen LogP contribution is 1.90. The van der Waals surface area contributed by atoms with E-state index in [0.717, 1.165) is 5.69 Å². The van der Waals surface area contributed by atoms with Crippen molar-refractivity contribution >= 4 is 0 Å². The van der Waals surface area contributed by atoms with Gasteiger partial charge in [-0.15, -0.1) is 6.58 Å². The fourth-order valence-electron chi connectivity index (χ4n) is 0.569. The third kappa shape index (κ3) is 1.32. The molecule has 0 bridgehead atoms. The maximum absolute atomic E-state index is 10.3. The van der Waals surface area contributed by atoms with Crippen LogP contribution in [0.1, 0.15) is 5.69 Å². The molecule has 1 heterocycles. The maximum Gasteiger partial charge on any atom is 0.416 e. The van der Waals surface area contributed by atoms with Gasteiger partial charge < -0.3 is 4.42 Å². The Labute approximate surface area is 52.0 Å². The van der Waals surface area contributed by atoms with E-state index in [9.17, 15) is 4.79 Å². The van der Waals surface area contributed by atoms with Crippen molar-refractivity contribution in [2.24, 2.45) is 0 Å². The van der Waals surface area contributed by atoms with Gasteiger partial charge in [-0.3, -0.25) is 4.98 Å². The first-order valence-electron chi connectivity index (χ1n) is 2.60. The van der Waals surface area contributed by atoms with E-state index in [1.54, 1.807) is 6.08 Å². The van der Waals surface area contributed by atoms with Crippen molar-refractivity contribution in [1.82, 2.24) is 4.98 Å². The van der Waals surface area contributed by atoms with Crippen molar-refractivity contribution in [3.05, 3.63) is 35.2 Å². The van der Waals surface area contributed by atoms with Crippen LogP contribution in [0.2, 0.25) is 0 Å². The summed E-state index contributed by atoms with van der Waals surface area (Å²) in [6.45, 7) is 3.50. The Morgan fingerprint density at radius 2 is 2.67 bits per heavy atom. The molecule has 0 radical (unpaired) electrons. The number of hydrogen-bond acceptors (Lipinski definition) is 2. The summed E-state index contributed by atoms with van der Waals surface area (Å²) < 4.78 is 4.46. The van der Waals surface area contributed by atoms with Gasteiger partial charge in [-0.2, -0.15) is 0 Å². The van der Waals surface area contributed by atoms with Gasteiger partial charge in [0, 0.05) is 6.42 Å². The lowest BCUT2D eigenvalue weighted by atomic mass is 10.3. The van der Waals surface area contributed by atoms with Crippen molar-refractivity contribution in [2.75, 3.05) is 0 Å². The molecule has 0 aliphatic rings. The second-order valence-corrected chi connectivity index (χ2v) is 1.67. The van der Waals surface area contributed by atoms with E-state index in [4.69, 9.17) is 0 Å². The molecule has 0 atom stereocenters. The van der Waals surface area contributed by atoms with Crippen LogP contribution in [0.15, 0.2) is 28.1 Å². The molecule has 0 amide bonds. The van der Waals surface area contributed by atoms with Crippen LogP contribution >= 0.6 is 0 Å². The van der Waals surface area contributed by atoms with Gasteiger partial charge in [0.15, 0.2) is 0 Å². The standard InChI is InChI=1S/C6H7NO2/c1-2-3-5-4-9-6(8)7-5/h2,4H,1,3H2,(H,7,8). The fraction of sp³-hybridized carbons (Fsp3) is 0.167. The van der Waals surface area contributed by atoms with Gasteiger partial charge in [0.2, 0.25) is 0 Å². The number of aromatic nitrogens is 1. The molecule has 48 valence electrons. The third-order valence-corrected chi connectivity index (χ3v) is 0.935. The molecule has 0 aromatic carbocycles. The zero-order valence-electron chi connectivity index (χ0n) is 4.89. The Balaban J connectivity index is 2.84. The van der Waals surface area contributed by atoms with Crippen molar-refractivity contribution < 1.29 is 4.42 Å². The molecule has 1 aromatic rings. The van der Waals surface area contributed by atoms with Crippen LogP contribution in [0.4, 0.5) is 0 Å². The van der Waals surface area contributed by atoms with E-state index in [-0.39, 0.29) is 0 Å².